The fourth-order valence-electron chi connectivity index (χ4n) is 2.79. The molecule has 0 spiro atoms. The lowest BCUT2D eigenvalue weighted by Gasteiger charge is -2.13. The van der Waals surface area contributed by atoms with Crippen LogP contribution in [0.4, 0.5) is 0 Å². The lowest BCUT2D eigenvalue weighted by Crippen LogP contribution is -2.34. The summed E-state index contributed by atoms with van der Waals surface area (Å²) >= 11 is 3.30. The van der Waals surface area contributed by atoms with Gasteiger partial charge in [0.2, 0.25) is 5.91 Å². The number of halogens is 1. The molecule has 1 N–H and O–H groups in total. The molecule has 25 heavy (non-hydrogen) atoms. The van der Waals surface area contributed by atoms with Gasteiger partial charge in [0.1, 0.15) is 0 Å². The molecule has 1 heterocycles. The average molecular weight is 401 g/mol. The topological polar surface area (TPSA) is 66.5 Å². The van der Waals surface area contributed by atoms with Gasteiger partial charge < -0.3 is 5.32 Å². The SMILES string of the molecule is Cc1cccc(CNC(=O)CCN2C(=O)c3ccc(Br)cc3C2=O)c1. The molecule has 0 fully saturated rings. The van der Waals surface area contributed by atoms with Gasteiger partial charge in [0.25, 0.3) is 11.8 Å². The van der Waals surface area contributed by atoms with Crippen molar-refractivity contribution < 1.29 is 14.4 Å². The van der Waals surface area contributed by atoms with Gasteiger partial charge >= 0.3 is 0 Å². The van der Waals surface area contributed by atoms with Crippen LogP contribution in [-0.4, -0.2) is 29.2 Å². The van der Waals surface area contributed by atoms with Crippen LogP contribution in [0.25, 0.3) is 0 Å². The summed E-state index contributed by atoms with van der Waals surface area (Å²) in [6.07, 6.45) is 0.0818. The monoisotopic (exact) mass is 400 g/mol. The Kier molecular flexibility index (Phi) is 4.99. The average Bonchev–Trinajstić information content (AvgIpc) is 2.82. The van der Waals surface area contributed by atoms with Crippen molar-refractivity contribution in [3.63, 3.8) is 0 Å². The molecular formula is C19H17BrN2O3. The Morgan fingerprint density at radius 1 is 1.08 bits per heavy atom. The van der Waals surface area contributed by atoms with Crippen molar-refractivity contribution in [2.75, 3.05) is 6.54 Å². The van der Waals surface area contributed by atoms with Gasteiger partial charge in [-0.3, -0.25) is 19.3 Å². The molecular weight excluding hydrogens is 384 g/mol. The Labute approximate surface area is 154 Å². The predicted octanol–water partition coefficient (Wildman–Crippen LogP) is 3.06. The number of nitrogens with zero attached hydrogens (tertiary/aromatic N) is 1. The molecule has 1 aliphatic heterocycles. The van der Waals surface area contributed by atoms with Gasteiger partial charge in [0, 0.05) is 24.0 Å². The zero-order valence-electron chi connectivity index (χ0n) is 13.7. The van der Waals surface area contributed by atoms with Crippen LogP contribution in [0.15, 0.2) is 46.9 Å². The highest BCUT2D eigenvalue weighted by atomic mass is 79.9. The van der Waals surface area contributed by atoms with Crippen molar-refractivity contribution >= 4 is 33.7 Å². The molecule has 0 aromatic heterocycles. The quantitative estimate of drug-likeness (QED) is 0.784. The number of hydrogen-bond acceptors (Lipinski definition) is 3. The summed E-state index contributed by atoms with van der Waals surface area (Å²) in [5.74, 6) is -0.897. The van der Waals surface area contributed by atoms with E-state index in [-0.39, 0.29) is 30.7 Å². The summed E-state index contributed by atoms with van der Waals surface area (Å²) in [5.41, 5.74) is 2.90. The van der Waals surface area contributed by atoms with E-state index in [4.69, 9.17) is 0 Å². The number of carbonyl (C=O) groups is 3. The number of nitrogens with one attached hydrogen (secondary N) is 1. The Bertz CT molecular complexity index is 863. The van der Waals surface area contributed by atoms with E-state index in [2.05, 4.69) is 21.2 Å². The minimum absolute atomic E-state index is 0.0730. The lowest BCUT2D eigenvalue weighted by molar-refractivity contribution is -0.121. The molecule has 0 saturated heterocycles. The van der Waals surface area contributed by atoms with Gasteiger partial charge in [-0.05, 0) is 30.7 Å². The van der Waals surface area contributed by atoms with Crippen molar-refractivity contribution in [2.24, 2.45) is 0 Å². The highest BCUT2D eigenvalue weighted by Crippen LogP contribution is 2.26. The first kappa shape index (κ1) is 17.4. The van der Waals surface area contributed by atoms with Gasteiger partial charge in [-0.2, -0.15) is 0 Å². The third kappa shape index (κ3) is 3.79. The smallest absolute Gasteiger partial charge is 0.261 e. The molecule has 1 aliphatic rings. The maximum absolute atomic E-state index is 12.3. The lowest BCUT2D eigenvalue weighted by atomic mass is 10.1. The molecule has 3 amide bonds. The predicted molar refractivity (Wildman–Crippen MR) is 97.2 cm³/mol. The van der Waals surface area contributed by atoms with Crippen molar-refractivity contribution in [1.29, 1.82) is 0 Å². The van der Waals surface area contributed by atoms with Crippen LogP contribution in [0.5, 0.6) is 0 Å². The molecule has 0 atom stereocenters. The van der Waals surface area contributed by atoms with Gasteiger partial charge in [0.05, 0.1) is 11.1 Å². The zero-order valence-corrected chi connectivity index (χ0v) is 15.3. The summed E-state index contributed by atoms with van der Waals surface area (Å²) in [5, 5.41) is 2.81. The first-order valence-electron chi connectivity index (χ1n) is 7.93. The third-order valence-electron chi connectivity index (χ3n) is 4.07. The maximum Gasteiger partial charge on any atom is 0.261 e. The molecule has 0 bridgehead atoms. The van der Waals surface area contributed by atoms with Gasteiger partial charge in [-0.25, -0.2) is 0 Å². The summed E-state index contributed by atoms with van der Waals surface area (Å²) in [4.78, 5) is 37.8. The number of carbonyl (C=O) groups excluding carboxylic acids is 3. The normalized spacial score (nSPS) is 13.1. The molecule has 0 unspecified atom stereocenters. The van der Waals surface area contributed by atoms with Gasteiger partial charge in [0.15, 0.2) is 0 Å². The minimum atomic E-state index is -0.354. The fourth-order valence-corrected chi connectivity index (χ4v) is 3.15. The fraction of sp³-hybridized carbons (Fsp3) is 0.211. The van der Waals surface area contributed by atoms with Crippen LogP contribution >= 0.6 is 15.9 Å². The van der Waals surface area contributed by atoms with Crippen LogP contribution in [0.3, 0.4) is 0 Å². The minimum Gasteiger partial charge on any atom is -0.352 e. The molecule has 5 nitrogen and oxygen atoms in total. The van der Waals surface area contributed by atoms with Crippen molar-refractivity contribution in [2.45, 2.75) is 19.9 Å². The van der Waals surface area contributed by atoms with E-state index in [9.17, 15) is 14.4 Å². The summed E-state index contributed by atoms with van der Waals surface area (Å²) in [7, 11) is 0. The molecule has 2 aromatic carbocycles. The van der Waals surface area contributed by atoms with Crippen molar-refractivity contribution in [3.05, 3.63) is 69.2 Å². The Morgan fingerprint density at radius 3 is 2.60 bits per heavy atom. The van der Waals surface area contributed by atoms with E-state index >= 15 is 0 Å². The molecule has 0 aliphatic carbocycles. The molecule has 6 heteroatoms. The number of rotatable bonds is 5. The van der Waals surface area contributed by atoms with Crippen LogP contribution < -0.4 is 5.32 Å². The van der Waals surface area contributed by atoms with Crippen molar-refractivity contribution in [1.82, 2.24) is 10.2 Å². The second-order valence-electron chi connectivity index (χ2n) is 5.97. The maximum atomic E-state index is 12.3. The standard InChI is InChI=1S/C19H17BrN2O3/c1-12-3-2-4-13(9-12)11-21-17(23)7-8-22-18(24)15-6-5-14(20)10-16(15)19(22)25/h2-6,9-10H,7-8,11H2,1H3,(H,21,23). The van der Waals surface area contributed by atoms with E-state index in [0.717, 1.165) is 20.5 Å². The third-order valence-corrected chi connectivity index (χ3v) is 4.56. The molecule has 0 radical (unpaired) electrons. The number of hydrogen-bond donors (Lipinski definition) is 1. The second-order valence-corrected chi connectivity index (χ2v) is 6.88. The molecule has 3 rings (SSSR count). The molecule has 2 aromatic rings. The summed E-state index contributed by atoms with van der Waals surface area (Å²) in [6.45, 7) is 2.49. The van der Waals surface area contributed by atoms with Gasteiger partial charge in [-0.15, -0.1) is 0 Å². The largest absolute Gasteiger partial charge is 0.352 e. The molecule has 128 valence electrons. The summed E-state index contributed by atoms with van der Waals surface area (Å²) in [6, 6.07) is 12.9. The zero-order chi connectivity index (χ0) is 18.0. The van der Waals surface area contributed by atoms with E-state index in [1.807, 2.05) is 31.2 Å². The number of aryl methyl sites for hydroxylation is 1. The first-order valence-corrected chi connectivity index (χ1v) is 8.73. The van der Waals surface area contributed by atoms with Gasteiger partial charge in [-0.1, -0.05) is 45.8 Å². The first-order chi connectivity index (χ1) is 12.0. The van der Waals surface area contributed by atoms with Crippen LogP contribution in [0.1, 0.15) is 38.3 Å². The Morgan fingerprint density at radius 2 is 1.84 bits per heavy atom. The highest BCUT2D eigenvalue weighted by Gasteiger charge is 2.35. The van der Waals surface area contributed by atoms with E-state index in [1.165, 1.54) is 0 Å². The number of amides is 3. The molecule has 0 saturated carbocycles. The second kappa shape index (κ2) is 7.19. The van der Waals surface area contributed by atoms with E-state index < -0.39 is 0 Å². The number of fused-ring (bicyclic) bond motifs is 1. The van der Waals surface area contributed by atoms with Crippen molar-refractivity contribution in [3.8, 4) is 0 Å². The number of benzene rings is 2. The highest BCUT2D eigenvalue weighted by molar-refractivity contribution is 9.10. The number of imide groups is 1. The van der Waals surface area contributed by atoms with E-state index in [0.29, 0.717) is 17.7 Å². The Hall–Kier alpha value is -2.47. The van der Waals surface area contributed by atoms with Crippen LogP contribution in [0.2, 0.25) is 0 Å². The van der Waals surface area contributed by atoms with Crippen LogP contribution in [0, 0.1) is 6.92 Å². The summed E-state index contributed by atoms with van der Waals surface area (Å²) < 4.78 is 0.741. The Balaban J connectivity index is 1.56. The van der Waals surface area contributed by atoms with Crippen LogP contribution in [-0.2, 0) is 11.3 Å². The van der Waals surface area contributed by atoms with E-state index in [1.54, 1.807) is 18.2 Å².